The van der Waals surface area contributed by atoms with Crippen LogP contribution in [0, 0.1) is 0 Å². The Morgan fingerprint density at radius 3 is 0.970 bits per heavy atom. The number of ether oxygens (including phenoxy) is 3. The van der Waals surface area contributed by atoms with Crippen LogP contribution in [0.3, 0.4) is 0 Å². The average Bonchev–Trinajstić information content (AvgIpc) is 2.80. The molecule has 0 saturated carbocycles. The first-order valence-corrected chi connectivity index (χ1v) is 15.0. The molecule has 33 heavy (non-hydrogen) atoms. The molecule has 3 nitrogen and oxygen atoms in total. The van der Waals surface area contributed by atoms with Gasteiger partial charge in [-0.25, -0.2) is 0 Å². The normalized spacial score (nSPS) is 13.5. The Bertz CT molecular complexity index is 315. The molecule has 0 saturated heterocycles. The fourth-order valence-electron chi connectivity index (χ4n) is 4.36. The topological polar surface area (TPSA) is 27.7 Å². The summed E-state index contributed by atoms with van der Waals surface area (Å²) in [5.74, 6) is 0. The van der Waals surface area contributed by atoms with Crippen LogP contribution in [0.4, 0.5) is 0 Å². The number of hydrogen-bond donors (Lipinski definition) is 0. The monoisotopic (exact) mass is 470 g/mol. The predicted octanol–water partition coefficient (Wildman–Crippen LogP) is 9.66. The van der Waals surface area contributed by atoms with E-state index in [0.29, 0.717) is 13.2 Å². The van der Waals surface area contributed by atoms with Crippen LogP contribution in [0.2, 0.25) is 0 Å². The van der Waals surface area contributed by atoms with E-state index >= 15 is 0 Å². The summed E-state index contributed by atoms with van der Waals surface area (Å²) in [6.07, 6.45) is 27.6. The van der Waals surface area contributed by atoms with E-state index < -0.39 is 0 Å². The van der Waals surface area contributed by atoms with E-state index in [1.807, 2.05) is 0 Å². The quantitative estimate of drug-likeness (QED) is 0.106. The molecule has 2 atom stereocenters. The maximum Gasteiger partial charge on any atom is 0.0785 e. The van der Waals surface area contributed by atoms with Gasteiger partial charge in [-0.15, -0.1) is 0 Å². The van der Waals surface area contributed by atoms with Crippen LogP contribution in [-0.2, 0) is 14.2 Å². The molecule has 0 aromatic heterocycles. The lowest BCUT2D eigenvalue weighted by molar-refractivity contribution is -0.0711. The smallest absolute Gasteiger partial charge is 0.0785 e. The van der Waals surface area contributed by atoms with Crippen LogP contribution >= 0.6 is 0 Å². The standard InChI is InChI=1S/C30H62O3/c1-5-7-9-11-13-15-17-19-21-23-25-31-27-29(3)33-30(4)28-32-26-24-22-20-18-16-14-12-10-8-6-2/h29-30H,5-28H2,1-4H3. The first-order valence-electron chi connectivity index (χ1n) is 15.0. The minimum atomic E-state index is 0.143. The third-order valence-corrected chi connectivity index (χ3v) is 6.45. The predicted molar refractivity (Wildman–Crippen MR) is 145 cm³/mol. The molecule has 0 spiro atoms. The molecule has 0 radical (unpaired) electrons. The largest absolute Gasteiger partial charge is 0.379 e. The van der Waals surface area contributed by atoms with Crippen molar-refractivity contribution in [2.75, 3.05) is 26.4 Å². The molecule has 0 aromatic rings. The lowest BCUT2D eigenvalue weighted by atomic mass is 10.1. The molecule has 0 amide bonds. The Morgan fingerprint density at radius 2 is 0.667 bits per heavy atom. The Hall–Kier alpha value is -0.120. The number of hydrogen-bond acceptors (Lipinski definition) is 3. The molecule has 0 heterocycles. The second kappa shape index (κ2) is 28.1. The molecule has 0 aromatic carbocycles. The van der Waals surface area contributed by atoms with Gasteiger partial charge in [-0.1, -0.05) is 129 Å². The van der Waals surface area contributed by atoms with E-state index in [2.05, 4.69) is 27.7 Å². The summed E-state index contributed by atoms with van der Waals surface area (Å²) in [5.41, 5.74) is 0. The van der Waals surface area contributed by atoms with Gasteiger partial charge in [-0.3, -0.25) is 0 Å². The highest BCUT2D eigenvalue weighted by atomic mass is 16.6. The third-order valence-electron chi connectivity index (χ3n) is 6.45. The molecule has 0 N–H and O–H groups in total. The van der Waals surface area contributed by atoms with Gasteiger partial charge in [0, 0.05) is 13.2 Å². The SMILES string of the molecule is CCCCCCCCCCCCOCC(C)OC(C)COCCCCCCCCCCCC. The van der Waals surface area contributed by atoms with Gasteiger partial charge < -0.3 is 14.2 Å². The van der Waals surface area contributed by atoms with Gasteiger partial charge in [0.05, 0.1) is 25.4 Å². The van der Waals surface area contributed by atoms with Crippen molar-refractivity contribution in [3.63, 3.8) is 0 Å². The van der Waals surface area contributed by atoms with Crippen molar-refractivity contribution >= 4 is 0 Å². The van der Waals surface area contributed by atoms with Gasteiger partial charge >= 0.3 is 0 Å². The summed E-state index contributed by atoms with van der Waals surface area (Å²) in [7, 11) is 0. The zero-order valence-corrected chi connectivity index (χ0v) is 23.4. The van der Waals surface area contributed by atoms with E-state index in [-0.39, 0.29) is 12.2 Å². The van der Waals surface area contributed by atoms with Crippen molar-refractivity contribution in [3.05, 3.63) is 0 Å². The summed E-state index contributed by atoms with van der Waals surface area (Å²) in [6.45, 7) is 11.9. The van der Waals surface area contributed by atoms with Crippen molar-refractivity contribution in [1.82, 2.24) is 0 Å². The number of rotatable bonds is 28. The fraction of sp³-hybridized carbons (Fsp3) is 1.00. The molecule has 3 heteroatoms. The molecule has 0 aliphatic carbocycles. The minimum absolute atomic E-state index is 0.143. The van der Waals surface area contributed by atoms with E-state index in [4.69, 9.17) is 14.2 Å². The second-order valence-corrected chi connectivity index (χ2v) is 10.3. The van der Waals surface area contributed by atoms with Crippen molar-refractivity contribution in [3.8, 4) is 0 Å². The van der Waals surface area contributed by atoms with Crippen LogP contribution in [0.25, 0.3) is 0 Å². The first kappa shape index (κ1) is 32.9. The third kappa shape index (κ3) is 28.0. The van der Waals surface area contributed by atoms with E-state index in [9.17, 15) is 0 Å². The van der Waals surface area contributed by atoms with Crippen LogP contribution < -0.4 is 0 Å². The summed E-state index contributed by atoms with van der Waals surface area (Å²) in [5, 5.41) is 0. The highest BCUT2D eigenvalue weighted by Crippen LogP contribution is 2.12. The summed E-state index contributed by atoms with van der Waals surface area (Å²) >= 11 is 0. The molecule has 0 aliphatic heterocycles. The lowest BCUT2D eigenvalue weighted by Crippen LogP contribution is -2.25. The second-order valence-electron chi connectivity index (χ2n) is 10.3. The van der Waals surface area contributed by atoms with E-state index in [1.54, 1.807) is 0 Å². The van der Waals surface area contributed by atoms with Crippen LogP contribution in [0.15, 0.2) is 0 Å². The van der Waals surface area contributed by atoms with Crippen molar-refractivity contribution in [2.24, 2.45) is 0 Å². The van der Waals surface area contributed by atoms with Gasteiger partial charge in [-0.05, 0) is 26.7 Å². The molecule has 200 valence electrons. The highest BCUT2D eigenvalue weighted by Gasteiger charge is 2.09. The van der Waals surface area contributed by atoms with Gasteiger partial charge in [0.25, 0.3) is 0 Å². The Labute approximate surface area is 209 Å². The van der Waals surface area contributed by atoms with E-state index in [1.165, 1.54) is 128 Å². The zero-order chi connectivity index (χ0) is 24.2. The lowest BCUT2D eigenvalue weighted by Gasteiger charge is -2.19. The Kier molecular flexibility index (Phi) is 28.0. The molecule has 0 fully saturated rings. The van der Waals surface area contributed by atoms with Gasteiger partial charge in [-0.2, -0.15) is 0 Å². The zero-order valence-electron chi connectivity index (χ0n) is 23.4. The van der Waals surface area contributed by atoms with Crippen molar-refractivity contribution < 1.29 is 14.2 Å². The maximum atomic E-state index is 6.00. The Morgan fingerprint density at radius 1 is 0.394 bits per heavy atom. The molecular weight excluding hydrogens is 408 g/mol. The number of unbranched alkanes of at least 4 members (excludes halogenated alkanes) is 18. The van der Waals surface area contributed by atoms with Crippen LogP contribution in [0.5, 0.6) is 0 Å². The molecular formula is C30H62O3. The maximum absolute atomic E-state index is 6.00. The molecule has 0 bridgehead atoms. The summed E-state index contributed by atoms with van der Waals surface area (Å²) < 4.78 is 17.6. The highest BCUT2D eigenvalue weighted by molar-refractivity contribution is 4.55. The van der Waals surface area contributed by atoms with Crippen molar-refractivity contribution in [1.29, 1.82) is 0 Å². The summed E-state index contributed by atoms with van der Waals surface area (Å²) in [6, 6.07) is 0. The van der Waals surface area contributed by atoms with Crippen molar-refractivity contribution in [2.45, 2.75) is 168 Å². The van der Waals surface area contributed by atoms with Gasteiger partial charge in [0.1, 0.15) is 0 Å². The fourth-order valence-corrected chi connectivity index (χ4v) is 4.36. The average molecular weight is 471 g/mol. The van der Waals surface area contributed by atoms with Crippen LogP contribution in [-0.4, -0.2) is 38.6 Å². The Balaban J connectivity index is 3.28. The van der Waals surface area contributed by atoms with Gasteiger partial charge in [0.2, 0.25) is 0 Å². The van der Waals surface area contributed by atoms with Crippen LogP contribution in [0.1, 0.15) is 156 Å². The first-order chi connectivity index (χ1) is 16.2. The molecule has 2 unspecified atom stereocenters. The van der Waals surface area contributed by atoms with Gasteiger partial charge in [0.15, 0.2) is 0 Å². The van der Waals surface area contributed by atoms with E-state index in [0.717, 1.165) is 13.2 Å². The molecule has 0 aliphatic rings. The molecule has 0 rings (SSSR count). The minimum Gasteiger partial charge on any atom is -0.379 e. The summed E-state index contributed by atoms with van der Waals surface area (Å²) in [4.78, 5) is 0.